The van der Waals surface area contributed by atoms with Gasteiger partial charge in [-0.25, -0.2) is 4.39 Å². The summed E-state index contributed by atoms with van der Waals surface area (Å²) in [4.78, 5) is 0. The first kappa shape index (κ1) is 10.1. The third kappa shape index (κ3) is 2.25. The van der Waals surface area contributed by atoms with E-state index in [1.165, 1.54) is 13.2 Å². The molecule has 1 aromatic rings. The topological polar surface area (TPSA) is 18.5 Å². The summed E-state index contributed by atoms with van der Waals surface area (Å²) in [7, 11) is 1.37. The van der Waals surface area contributed by atoms with Gasteiger partial charge in [-0.3, -0.25) is 0 Å². The van der Waals surface area contributed by atoms with E-state index in [9.17, 15) is 4.39 Å². The van der Waals surface area contributed by atoms with Crippen LogP contribution in [0.3, 0.4) is 0 Å². The number of hydrogen-bond acceptors (Lipinski definition) is 2. The van der Waals surface area contributed by atoms with Gasteiger partial charge in [-0.2, -0.15) is 0 Å². The Morgan fingerprint density at radius 2 is 2.23 bits per heavy atom. The predicted octanol–water partition coefficient (Wildman–Crippen LogP) is 2.69. The molecule has 0 saturated heterocycles. The summed E-state index contributed by atoms with van der Waals surface area (Å²) in [6.07, 6.45) is 0. The lowest BCUT2D eigenvalue weighted by Gasteiger charge is -2.07. The summed E-state index contributed by atoms with van der Waals surface area (Å²) in [6.45, 7) is 2.27. The SMILES string of the molecule is CCOc1cc(OC)c(F)[c]c1Cl. The van der Waals surface area contributed by atoms with Gasteiger partial charge in [0.2, 0.25) is 0 Å². The molecule has 13 heavy (non-hydrogen) atoms. The average molecular weight is 204 g/mol. The van der Waals surface area contributed by atoms with Gasteiger partial charge in [-0.1, -0.05) is 11.6 Å². The quantitative estimate of drug-likeness (QED) is 0.752. The first-order valence-corrected chi connectivity index (χ1v) is 4.15. The number of hydrogen-bond donors (Lipinski definition) is 0. The van der Waals surface area contributed by atoms with Gasteiger partial charge in [0, 0.05) is 12.1 Å². The lowest BCUT2D eigenvalue weighted by molar-refractivity contribution is 0.332. The van der Waals surface area contributed by atoms with Crippen LogP contribution in [0.4, 0.5) is 4.39 Å². The van der Waals surface area contributed by atoms with Gasteiger partial charge in [-0.15, -0.1) is 0 Å². The van der Waals surface area contributed by atoms with Crippen molar-refractivity contribution in [1.29, 1.82) is 0 Å². The second kappa shape index (κ2) is 4.33. The smallest absolute Gasteiger partial charge is 0.174 e. The van der Waals surface area contributed by atoms with Crippen molar-refractivity contribution in [3.63, 3.8) is 0 Å². The molecule has 0 aromatic heterocycles. The molecule has 0 amide bonds. The Bertz CT molecular complexity index is 302. The van der Waals surface area contributed by atoms with Crippen LogP contribution in [0.15, 0.2) is 6.07 Å². The zero-order valence-corrected chi connectivity index (χ0v) is 8.11. The van der Waals surface area contributed by atoms with Crippen molar-refractivity contribution in [3.8, 4) is 11.5 Å². The van der Waals surface area contributed by atoms with E-state index in [4.69, 9.17) is 21.1 Å². The zero-order chi connectivity index (χ0) is 9.84. The van der Waals surface area contributed by atoms with Gasteiger partial charge in [0.25, 0.3) is 0 Å². The molecule has 0 saturated carbocycles. The van der Waals surface area contributed by atoms with Crippen molar-refractivity contribution in [3.05, 3.63) is 23.0 Å². The number of benzene rings is 1. The van der Waals surface area contributed by atoms with Crippen molar-refractivity contribution >= 4 is 11.6 Å². The highest BCUT2D eigenvalue weighted by molar-refractivity contribution is 6.31. The third-order valence-corrected chi connectivity index (χ3v) is 1.71. The van der Waals surface area contributed by atoms with Crippen LogP contribution in [-0.4, -0.2) is 13.7 Å². The molecule has 4 heteroatoms. The first-order chi connectivity index (χ1) is 6.19. The van der Waals surface area contributed by atoms with E-state index < -0.39 is 5.82 Å². The van der Waals surface area contributed by atoms with Crippen molar-refractivity contribution in [2.45, 2.75) is 6.92 Å². The van der Waals surface area contributed by atoms with Gasteiger partial charge in [0.05, 0.1) is 18.7 Å². The Morgan fingerprint density at radius 1 is 1.54 bits per heavy atom. The Morgan fingerprint density at radius 3 is 2.77 bits per heavy atom. The Kier molecular flexibility index (Phi) is 3.37. The summed E-state index contributed by atoms with van der Waals surface area (Å²) >= 11 is 5.66. The van der Waals surface area contributed by atoms with Crippen LogP contribution in [0.25, 0.3) is 0 Å². The second-order valence-electron chi connectivity index (χ2n) is 2.26. The number of methoxy groups -OCH3 is 1. The van der Waals surface area contributed by atoms with E-state index in [1.54, 1.807) is 0 Å². The van der Waals surface area contributed by atoms with Crippen LogP contribution in [0, 0.1) is 11.9 Å². The van der Waals surface area contributed by atoms with Gasteiger partial charge in [0.1, 0.15) is 5.75 Å². The van der Waals surface area contributed by atoms with E-state index in [1.807, 2.05) is 6.92 Å². The van der Waals surface area contributed by atoms with E-state index >= 15 is 0 Å². The number of ether oxygens (including phenoxy) is 2. The maximum absolute atomic E-state index is 13.0. The summed E-state index contributed by atoms with van der Waals surface area (Å²) in [5, 5.41) is 0.125. The van der Waals surface area contributed by atoms with Crippen molar-refractivity contribution < 1.29 is 13.9 Å². The molecular weight excluding hydrogens is 195 g/mol. The molecule has 0 unspecified atom stereocenters. The van der Waals surface area contributed by atoms with Crippen molar-refractivity contribution in [2.24, 2.45) is 0 Å². The monoisotopic (exact) mass is 203 g/mol. The fourth-order valence-corrected chi connectivity index (χ4v) is 1.07. The Labute approximate surface area is 81.2 Å². The fraction of sp³-hybridized carbons (Fsp3) is 0.333. The lowest BCUT2D eigenvalue weighted by Crippen LogP contribution is -1.95. The molecule has 1 rings (SSSR count). The highest BCUT2D eigenvalue weighted by atomic mass is 35.5. The normalized spacial score (nSPS) is 9.85. The standard InChI is InChI=1S/C9H9ClFO2/c1-3-13-8-5-9(12-2)7(11)4-6(8)10/h5H,3H2,1-2H3. The van der Waals surface area contributed by atoms with Crippen molar-refractivity contribution in [2.75, 3.05) is 13.7 Å². The van der Waals surface area contributed by atoms with Crippen LogP contribution in [0.5, 0.6) is 11.5 Å². The Balaban J connectivity index is 3.06. The molecule has 0 bridgehead atoms. The van der Waals surface area contributed by atoms with Crippen molar-refractivity contribution in [1.82, 2.24) is 0 Å². The lowest BCUT2D eigenvalue weighted by atomic mass is 10.3. The van der Waals surface area contributed by atoms with E-state index in [0.29, 0.717) is 12.4 Å². The van der Waals surface area contributed by atoms with E-state index in [-0.39, 0.29) is 10.8 Å². The van der Waals surface area contributed by atoms with Crippen LogP contribution < -0.4 is 9.47 Å². The molecule has 0 aliphatic heterocycles. The van der Waals surface area contributed by atoms with Gasteiger partial charge < -0.3 is 9.47 Å². The zero-order valence-electron chi connectivity index (χ0n) is 7.36. The molecule has 0 spiro atoms. The predicted molar refractivity (Wildman–Crippen MR) is 48.0 cm³/mol. The maximum atomic E-state index is 13.0. The second-order valence-corrected chi connectivity index (χ2v) is 2.64. The molecule has 1 aromatic carbocycles. The maximum Gasteiger partial charge on any atom is 0.174 e. The summed E-state index contributed by atoms with van der Waals surface area (Å²) in [6, 6.07) is 3.69. The first-order valence-electron chi connectivity index (χ1n) is 3.77. The van der Waals surface area contributed by atoms with E-state index in [0.717, 1.165) is 0 Å². The minimum atomic E-state index is -0.615. The Hall–Kier alpha value is -0.960. The minimum absolute atomic E-state index is 0.0767. The van der Waals surface area contributed by atoms with E-state index in [2.05, 4.69) is 6.07 Å². The molecular formula is C9H9ClFO2. The fourth-order valence-electron chi connectivity index (χ4n) is 0.874. The van der Waals surface area contributed by atoms with Crippen LogP contribution in [-0.2, 0) is 0 Å². The molecule has 0 heterocycles. The largest absolute Gasteiger partial charge is 0.494 e. The van der Waals surface area contributed by atoms with Crippen LogP contribution in [0.2, 0.25) is 5.02 Å². The molecule has 0 aliphatic rings. The van der Waals surface area contributed by atoms with Gasteiger partial charge in [-0.05, 0) is 6.92 Å². The van der Waals surface area contributed by atoms with Gasteiger partial charge >= 0.3 is 0 Å². The molecule has 71 valence electrons. The summed E-state index contributed by atoms with van der Waals surface area (Å²) < 4.78 is 22.8. The summed E-state index contributed by atoms with van der Waals surface area (Å²) in [5.41, 5.74) is 0. The highest BCUT2D eigenvalue weighted by Gasteiger charge is 2.09. The third-order valence-electron chi connectivity index (χ3n) is 1.43. The molecule has 0 N–H and O–H groups in total. The molecule has 0 fully saturated rings. The number of halogens is 2. The minimum Gasteiger partial charge on any atom is -0.494 e. The van der Waals surface area contributed by atoms with Crippen LogP contribution >= 0.6 is 11.6 Å². The highest BCUT2D eigenvalue weighted by Crippen LogP contribution is 2.30. The molecule has 0 atom stereocenters. The number of rotatable bonds is 3. The van der Waals surface area contributed by atoms with Gasteiger partial charge in [0.15, 0.2) is 11.6 Å². The average Bonchev–Trinajstić information content (AvgIpc) is 2.10. The molecule has 2 nitrogen and oxygen atoms in total. The molecule has 0 aliphatic carbocycles. The molecule has 1 radical (unpaired) electrons. The van der Waals surface area contributed by atoms with Crippen LogP contribution in [0.1, 0.15) is 6.92 Å². The summed E-state index contributed by atoms with van der Waals surface area (Å²) in [5.74, 6) is -0.161.